The largest absolute Gasteiger partial charge is 0.351 e. The maximum Gasteiger partial charge on any atom is 0.251 e. The van der Waals surface area contributed by atoms with Crippen LogP contribution in [-0.4, -0.2) is 25.5 Å². The van der Waals surface area contributed by atoms with Crippen molar-refractivity contribution >= 4 is 18.3 Å². The smallest absolute Gasteiger partial charge is 0.251 e. The summed E-state index contributed by atoms with van der Waals surface area (Å²) in [7, 11) is 0. The number of hydrogen-bond acceptors (Lipinski definition) is 2. The molecule has 2 aromatic rings. The molecule has 0 aliphatic heterocycles. The van der Waals surface area contributed by atoms with Crippen LogP contribution in [0.2, 0.25) is 0 Å². The Labute approximate surface area is 144 Å². The number of benzene rings is 2. The van der Waals surface area contributed by atoms with Crippen molar-refractivity contribution in [2.75, 3.05) is 19.6 Å². The van der Waals surface area contributed by atoms with Crippen molar-refractivity contribution < 1.29 is 4.79 Å². The van der Waals surface area contributed by atoms with Crippen LogP contribution in [0.15, 0.2) is 54.6 Å². The number of aryl methyl sites for hydroxylation is 2. The van der Waals surface area contributed by atoms with Crippen molar-refractivity contribution in [1.82, 2.24) is 10.6 Å². The Morgan fingerprint density at radius 3 is 2.35 bits per heavy atom. The Kier molecular flexibility index (Phi) is 9.03. The second-order valence-corrected chi connectivity index (χ2v) is 5.25. The predicted molar refractivity (Wildman–Crippen MR) is 98.4 cm³/mol. The number of likely N-dealkylation sites (N-methyl/N-ethyl adjacent to an activating group) is 1. The summed E-state index contributed by atoms with van der Waals surface area (Å²) in [6, 6.07) is 18.2. The van der Waals surface area contributed by atoms with E-state index in [0.29, 0.717) is 6.54 Å². The molecule has 2 rings (SSSR count). The minimum Gasteiger partial charge on any atom is -0.351 e. The highest BCUT2D eigenvalue weighted by Crippen LogP contribution is 2.12. The average Bonchev–Trinajstić information content (AvgIpc) is 2.58. The first-order chi connectivity index (χ1) is 10.8. The minimum atomic E-state index is 0. The average molecular weight is 333 g/mol. The molecule has 0 atom stereocenters. The van der Waals surface area contributed by atoms with Gasteiger partial charge in [-0.25, -0.2) is 0 Å². The zero-order valence-corrected chi connectivity index (χ0v) is 14.4. The first-order valence-corrected chi connectivity index (χ1v) is 7.92. The van der Waals surface area contributed by atoms with Crippen molar-refractivity contribution in [2.45, 2.75) is 19.8 Å². The van der Waals surface area contributed by atoms with Crippen LogP contribution in [0.25, 0.3) is 0 Å². The minimum absolute atomic E-state index is 0. The number of carbonyl (C=O) groups is 1. The topological polar surface area (TPSA) is 41.1 Å². The van der Waals surface area contributed by atoms with Crippen molar-refractivity contribution in [2.24, 2.45) is 0 Å². The Hall–Kier alpha value is -1.84. The molecule has 124 valence electrons. The highest BCUT2D eigenvalue weighted by molar-refractivity contribution is 5.95. The van der Waals surface area contributed by atoms with Crippen LogP contribution in [0.1, 0.15) is 28.4 Å². The molecule has 0 bridgehead atoms. The fourth-order valence-corrected chi connectivity index (χ4v) is 2.42. The Morgan fingerprint density at radius 1 is 0.913 bits per heavy atom. The number of carbonyl (C=O) groups excluding carboxylic acids is 1. The summed E-state index contributed by atoms with van der Waals surface area (Å²) in [5, 5.41) is 6.17. The van der Waals surface area contributed by atoms with E-state index in [9.17, 15) is 4.79 Å². The van der Waals surface area contributed by atoms with E-state index in [0.717, 1.165) is 37.1 Å². The first kappa shape index (κ1) is 19.2. The summed E-state index contributed by atoms with van der Waals surface area (Å²) in [5.74, 6) is 0.0153. The third kappa shape index (κ3) is 6.43. The predicted octanol–water partition coefficient (Wildman–Crippen LogP) is 3.23. The molecule has 0 radical (unpaired) electrons. The van der Waals surface area contributed by atoms with E-state index in [4.69, 9.17) is 0 Å². The van der Waals surface area contributed by atoms with Gasteiger partial charge >= 0.3 is 0 Å². The van der Waals surface area contributed by atoms with Gasteiger partial charge in [0, 0.05) is 18.7 Å². The lowest BCUT2D eigenvalue weighted by molar-refractivity contribution is 0.0953. The van der Waals surface area contributed by atoms with E-state index < -0.39 is 0 Å². The molecule has 2 N–H and O–H groups in total. The van der Waals surface area contributed by atoms with E-state index in [2.05, 4.69) is 41.8 Å². The van der Waals surface area contributed by atoms with Gasteiger partial charge in [0.05, 0.1) is 0 Å². The molecule has 1 amide bonds. The lowest BCUT2D eigenvalue weighted by atomic mass is 9.99. The summed E-state index contributed by atoms with van der Waals surface area (Å²) in [6.07, 6.45) is 1.82. The summed E-state index contributed by atoms with van der Waals surface area (Å²) in [6.45, 7) is 4.43. The van der Waals surface area contributed by atoms with Crippen molar-refractivity contribution in [3.05, 3.63) is 71.3 Å². The van der Waals surface area contributed by atoms with E-state index in [-0.39, 0.29) is 18.3 Å². The lowest BCUT2D eigenvalue weighted by Gasteiger charge is -2.10. The lowest BCUT2D eigenvalue weighted by Crippen LogP contribution is -2.32. The molecule has 0 spiro atoms. The Bertz CT molecular complexity index is 587. The van der Waals surface area contributed by atoms with Crippen LogP contribution in [-0.2, 0) is 12.8 Å². The highest BCUT2D eigenvalue weighted by Gasteiger charge is 2.10. The maximum absolute atomic E-state index is 12.3. The van der Waals surface area contributed by atoms with Gasteiger partial charge in [0.1, 0.15) is 0 Å². The third-order valence-corrected chi connectivity index (χ3v) is 3.63. The number of nitrogens with one attached hydrogen (secondary N) is 2. The molecule has 0 aromatic heterocycles. The van der Waals surface area contributed by atoms with E-state index in [1.54, 1.807) is 0 Å². The van der Waals surface area contributed by atoms with Crippen molar-refractivity contribution in [3.8, 4) is 0 Å². The molecule has 0 fully saturated rings. The number of hydrogen-bond donors (Lipinski definition) is 2. The van der Waals surface area contributed by atoms with E-state index >= 15 is 0 Å². The van der Waals surface area contributed by atoms with Crippen LogP contribution in [0.5, 0.6) is 0 Å². The van der Waals surface area contributed by atoms with E-state index in [1.807, 2.05) is 30.3 Å². The zero-order chi connectivity index (χ0) is 15.6. The number of rotatable bonds is 8. The molecule has 3 nitrogen and oxygen atoms in total. The quantitative estimate of drug-likeness (QED) is 0.729. The molecule has 2 aromatic carbocycles. The summed E-state index contributed by atoms with van der Waals surface area (Å²) >= 11 is 0. The Morgan fingerprint density at radius 2 is 1.61 bits per heavy atom. The van der Waals surface area contributed by atoms with Gasteiger partial charge in [-0.15, -0.1) is 12.4 Å². The molecular formula is C19H25ClN2O. The second kappa shape index (κ2) is 10.8. The fraction of sp³-hybridized carbons (Fsp3) is 0.316. The first-order valence-electron chi connectivity index (χ1n) is 7.92. The summed E-state index contributed by atoms with van der Waals surface area (Å²) < 4.78 is 0. The molecular weight excluding hydrogens is 308 g/mol. The highest BCUT2D eigenvalue weighted by atomic mass is 35.5. The molecule has 0 unspecified atom stereocenters. The van der Waals surface area contributed by atoms with Crippen LogP contribution < -0.4 is 10.6 Å². The SMILES string of the molecule is CCNCCNC(=O)c1ccccc1CCc1ccccc1.Cl. The maximum atomic E-state index is 12.3. The van der Waals surface area contributed by atoms with Crippen LogP contribution >= 0.6 is 12.4 Å². The Balaban J connectivity index is 0.00000264. The fourth-order valence-electron chi connectivity index (χ4n) is 2.42. The molecule has 0 heterocycles. The van der Waals surface area contributed by atoms with Crippen LogP contribution in [0.3, 0.4) is 0 Å². The van der Waals surface area contributed by atoms with Gasteiger partial charge in [0.15, 0.2) is 0 Å². The van der Waals surface area contributed by atoms with Gasteiger partial charge in [-0.05, 0) is 36.6 Å². The van der Waals surface area contributed by atoms with Gasteiger partial charge in [0.2, 0.25) is 0 Å². The van der Waals surface area contributed by atoms with Crippen molar-refractivity contribution in [1.29, 1.82) is 0 Å². The zero-order valence-electron chi connectivity index (χ0n) is 13.5. The van der Waals surface area contributed by atoms with Gasteiger partial charge in [-0.2, -0.15) is 0 Å². The van der Waals surface area contributed by atoms with Crippen molar-refractivity contribution in [3.63, 3.8) is 0 Å². The third-order valence-electron chi connectivity index (χ3n) is 3.63. The molecule has 0 aliphatic rings. The van der Waals surface area contributed by atoms with Crippen LogP contribution in [0.4, 0.5) is 0 Å². The molecule has 0 saturated carbocycles. The number of amides is 1. The molecule has 0 aliphatic carbocycles. The van der Waals surface area contributed by atoms with Crippen LogP contribution in [0, 0.1) is 0 Å². The van der Waals surface area contributed by atoms with Gasteiger partial charge in [-0.3, -0.25) is 4.79 Å². The molecule has 4 heteroatoms. The molecule has 0 saturated heterocycles. The van der Waals surface area contributed by atoms with Gasteiger partial charge < -0.3 is 10.6 Å². The molecule has 23 heavy (non-hydrogen) atoms. The summed E-state index contributed by atoms with van der Waals surface area (Å²) in [5.41, 5.74) is 3.19. The van der Waals surface area contributed by atoms with Gasteiger partial charge in [-0.1, -0.05) is 55.5 Å². The second-order valence-electron chi connectivity index (χ2n) is 5.25. The standard InChI is InChI=1S/C19H24N2O.ClH/c1-2-20-14-15-21-19(22)18-11-7-6-10-17(18)13-12-16-8-4-3-5-9-16;/h3-11,20H,2,12-15H2,1H3,(H,21,22);1H. The normalized spacial score (nSPS) is 9.96. The number of halogens is 1. The van der Waals surface area contributed by atoms with E-state index in [1.165, 1.54) is 5.56 Å². The summed E-state index contributed by atoms with van der Waals surface area (Å²) in [4.78, 5) is 12.3. The van der Waals surface area contributed by atoms with Gasteiger partial charge in [0.25, 0.3) is 5.91 Å². The monoisotopic (exact) mass is 332 g/mol.